The van der Waals surface area contributed by atoms with E-state index in [9.17, 15) is 14.0 Å². The zero-order valence-corrected chi connectivity index (χ0v) is 19.6. The highest BCUT2D eigenvalue weighted by atomic mass is 19.1. The summed E-state index contributed by atoms with van der Waals surface area (Å²) in [5.41, 5.74) is 1.93. The molecule has 4 rings (SSSR count). The van der Waals surface area contributed by atoms with E-state index in [4.69, 9.17) is 9.72 Å². The van der Waals surface area contributed by atoms with Gasteiger partial charge in [0.05, 0.1) is 17.3 Å². The number of amides is 2. The molecule has 1 saturated heterocycles. The molecule has 1 aromatic carbocycles. The number of pyridine rings is 1. The molecular weight excluding hydrogens is 439 g/mol. The quantitative estimate of drug-likeness (QED) is 0.600. The maximum atomic E-state index is 13.4. The van der Waals surface area contributed by atoms with Crippen LogP contribution in [0.25, 0.3) is 22.3 Å². The van der Waals surface area contributed by atoms with Gasteiger partial charge in [-0.15, -0.1) is 0 Å². The number of carbonyl (C=O) groups is 2. The highest BCUT2D eigenvalue weighted by Gasteiger charge is 2.29. The van der Waals surface area contributed by atoms with E-state index < -0.39 is 11.7 Å². The Balaban J connectivity index is 1.66. The zero-order valence-electron chi connectivity index (χ0n) is 19.6. The summed E-state index contributed by atoms with van der Waals surface area (Å²) in [5, 5.41) is 5.54. The van der Waals surface area contributed by atoms with Gasteiger partial charge >= 0.3 is 6.09 Å². The monoisotopic (exact) mass is 466 g/mol. The molecule has 1 fully saturated rings. The lowest BCUT2D eigenvalue weighted by Crippen LogP contribution is -2.40. The van der Waals surface area contributed by atoms with Crippen molar-refractivity contribution in [3.05, 3.63) is 42.2 Å². The van der Waals surface area contributed by atoms with Gasteiger partial charge in [0.2, 0.25) is 11.9 Å². The molecule has 3 heterocycles. The van der Waals surface area contributed by atoms with Gasteiger partial charge in [-0.2, -0.15) is 4.98 Å². The van der Waals surface area contributed by atoms with Gasteiger partial charge in [-0.3, -0.25) is 10.1 Å². The second-order valence-electron chi connectivity index (χ2n) is 9.20. The van der Waals surface area contributed by atoms with Crippen LogP contribution in [0.1, 0.15) is 34.1 Å². The second kappa shape index (κ2) is 9.20. The van der Waals surface area contributed by atoms with Crippen molar-refractivity contribution in [3.8, 4) is 11.3 Å². The summed E-state index contributed by atoms with van der Waals surface area (Å²) >= 11 is 0. The third kappa shape index (κ3) is 5.56. The minimum Gasteiger partial charge on any atom is -0.444 e. The summed E-state index contributed by atoms with van der Waals surface area (Å²) in [7, 11) is 0. The zero-order chi connectivity index (χ0) is 24.5. The second-order valence-corrected chi connectivity index (χ2v) is 9.20. The number of anilines is 2. The number of rotatable bonds is 4. The van der Waals surface area contributed by atoms with E-state index in [1.54, 1.807) is 24.3 Å². The molecule has 10 heteroatoms. The van der Waals surface area contributed by atoms with Gasteiger partial charge in [-0.25, -0.2) is 19.2 Å². The minimum absolute atomic E-state index is 0.135. The summed E-state index contributed by atoms with van der Waals surface area (Å²) in [6.45, 7) is 7.94. The average Bonchev–Trinajstić information content (AvgIpc) is 3.19. The third-order valence-electron chi connectivity index (χ3n) is 5.16. The fraction of sp³-hybridized carbons (Fsp3) is 0.375. The maximum absolute atomic E-state index is 13.4. The molecule has 1 aliphatic heterocycles. The molecule has 0 radical (unpaired) electrons. The van der Waals surface area contributed by atoms with Crippen LogP contribution in [0.3, 0.4) is 0 Å². The maximum Gasteiger partial charge on any atom is 0.407 e. The Hall–Kier alpha value is -3.82. The van der Waals surface area contributed by atoms with Gasteiger partial charge in [0.1, 0.15) is 16.9 Å². The van der Waals surface area contributed by atoms with E-state index in [2.05, 4.69) is 20.6 Å². The SMILES string of the molecule is CC(=O)Nc1nc(N2CCC(NC(=O)OC(C)(C)C)C2)c2nc(-c3ccc(F)cc3)ccc2n1. The molecule has 0 aliphatic carbocycles. The number of halogens is 1. The lowest BCUT2D eigenvalue weighted by Gasteiger charge is -2.22. The number of benzene rings is 1. The Morgan fingerprint density at radius 3 is 2.50 bits per heavy atom. The van der Waals surface area contributed by atoms with Crippen molar-refractivity contribution >= 4 is 34.8 Å². The highest BCUT2D eigenvalue weighted by Crippen LogP contribution is 2.29. The minimum atomic E-state index is -0.584. The van der Waals surface area contributed by atoms with E-state index in [-0.39, 0.29) is 23.7 Å². The van der Waals surface area contributed by atoms with Crippen LogP contribution < -0.4 is 15.5 Å². The van der Waals surface area contributed by atoms with E-state index in [0.29, 0.717) is 42.1 Å². The lowest BCUT2D eigenvalue weighted by atomic mass is 10.1. The molecule has 3 aromatic rings. The van der Waals surface area contributed by atoms with Crippen LogP contribution in [-0.4, -0.2) is 51.7 Å². The first-order valence-corrected chi connectivity index (χ1v) is 11.0. The summed E-state index contributed by atoms with van der Waals surface area (Å²) in [6.07, 6.45) is 0.222. The number of fused-ring (bicyclic) bond motifs is 1. The topological polar surface area (TPSA) is 109 Å². The molecule has 2 N–H and O–H groups in total. The third-order valence-corrected chi connectivity index (χ3v) is 5.16. The summed E-state index contributed by atoms with van der Waals surface area (Å²) in [5.74, 6) is 0.113. The van der Waals surface area contributed by atoms with Crippen molar-refractivity contribution in [2.75, 3.05) is 23.3 Å². The smallest absolute Gasteiger partial charge is 0.407 e. The molecule has 2 aromatic heterocycles. The molecule has 34 heavy (non-hydrogen) atoms. The Morgan fingerprint density at radius 2 is 1.82 bits per heavy atom. The summed E-state index contributed by atoms with van der Waals surface area (Å²) in [6, 6.07) is 9.53. The Morgan fingerprint density at radius 1 is 1.09 bits per heavy atom. The van der Waals surface area contributed by atoms with Crippen molar-refractivity contribution < 1.29 is 18.7 Å². The molecule has 0 spiro atoms. The average molecular weight is 467 g/mol. The van der Waals surface area contributed by atoms with Crippen LogP contribution >= 0.6 is 0 Å². The van der Waals surface area contributed by atoms with Crippen LogP contribution in [0.4, 0.5) is 21.0 Å². The molecule has 0 bridgehead atoms. The van der Waals surface area contributed by atoms with E-state index >= 15 is 0 Å². The van der Waals surface area contributed by atoms with Crippen LogP contribution in [0.5, 0.6) is 0 Å². The molecule has 1 unspecified atom stereocenters. The number of carbonyl (C=O) groups excluding carboxylic acids is 2. The number of nitrogens with zero attached hydrogens (tertiary/aromatic N) is 4. The van der Waals surface area contributed by atoms with Crippen molar-refractivity contribution in [2.24, 2.45) is 0 Å². The first-order valence-electron chi connectivity index (χ1n) is 11.0. The van der Waals surface area contributed by atoms with Gasteiger partial charge in [0.25, 0.3) is 0 Å². The van der Waals surface area contributed by atoms with Crippen LogP contribution in [0.2, 0.25) is 0 Å². The van der Waals surface area contributed by atoms with Crippen molar-refractivity contribution in [1.82, 2.24) is 20.3 Å². The summed E-state index contributed by atoms with van der Waals surface area (Å²) < 4.78 is 18.7. The number of nitrogens with one attached hydrogen (secondary N) is 2. The van der Waals surface area contributed by atoms with Crippen LogP contribution in [0, 0.1) is 5.82 Å². The van der Waals surface area contributed by atoms with Crippen molar-refractivity contribution in [3.63, 3.8) is 0 Å². The van der Waals surface area contributed by atoms with E-state index in [0.717, 1.165) is 5.56 Å². The Kier molecular flexibility index (Phi) is 6.32. The van der Waals surface area contributed by atoms with Gasteiger partial charge in [-0.05, 0) is 63.6 Å². The fourth-order valence-electron chi connectivity index (χ4n) is 3.76. The Labute approximate surface area is 196 Å². The van der Waals surface area contributed by atoms with Crippen molar-refractivity contribution in [2.45, 2.75) is 45.8 Å². The largest absolute Gasteiger partial charge is 0.444 e. The number of aromatic nitrogens is 3. The Bertz CT molecular complexity index is 1230. The van der Waals surface area contributed by atoms with E-state index in [1.807, 2.05) is 25.7 Å². The molecule has 178 valence electrons. The molecule has 9 nitrogen and oxygen atoms in total. The lowest BCUT2D eigenvalue weighted by molar-refractivity contribution is -0.114. The molecule has 0 saturated carbocycles. The highest BCUT2D eigenvalue weighted by molar-refractivity contribution is 5.92. The van der Waals surface area contributed by atoms with Gasteiger partial charge < -0.3 is 15.0 Å². The molecule has 2 amide bonds. The van der Waals surface area contributed by atoms with Gasteiger partial charge in [-0.1, -0.05) is 0 Å². The first kappa shape index (κ1) is 23.3. The van der Waals surface area contributed by atoms with E-state index in [1.165, 1.54) is 19.1 Å². The van der Waals surface area contributed by atoms with Gasteiger partial charge in [0, 0.05) is 25.6 Å². The predicted molar refractivity (Wildman–Crippen MR) is 127 cm³/mol. The van der Waals surface area contributed by atoms with Crippen LogP contribution in [0.15, 0.2) is 36.4 Å². The number of hydrogen-bond acceptors (Lipinski definition) is 7. The predicted octanol–water partition coefficient (Wildman–Crippen LogP) is 3.89. The van der Waals surface area contributed by atoms with Crippen LogP contribution in [-0.2, 0) is 9.53 Å². The summed E-state index contributed by atoms with van der Waals surface area (Å²) in [4.78, 5) is 39.6. The van der Waals surface area contributed by atoms with Gasteiger partial charge in [0.15, 0.2) is 5.82 Å². The molecule has 1 aliphatic rings. The molecule has 1 atom stereocenters. The standard InChI is InChI=1S/C24H27FN6O3/c1-14(32)26-22-29-19-10-9-18(15-5-7-16(25)8-6-15)28-20(19)21(30-22)31-12-11-17(13-31)27-23(33)34-24(2,3)4/h5-10,17H,11-13H2,1-4H3,(H,27,33)(H,26,29,30,32). The fourth-order valence-corrected chi connectivity index (χ4v) is 3.76. The number of alkyl carbamates (subject to hydrolysis) is 1. The van der Waals surface area contributed by atoms with Crippen molar-refractivity contribution in [1.29, 1.82) is 0 Å². The normalized spacial score (nSPS) is 15.9. The number of ether oxygens (including phenoxy) is 1. The first-order chi connectivity index (χ1) is 16.1. The number of hydrogen-bond donors (Lipinski definition) is 2. The molecular formula is C24H27FN6O3.